The van der Waals surface area contributed by atoms with Crippen molar-refractivity contribution in [3.8, 4) is 0 Å². The van der Waals surface area contributed by atoms with E-state index < -0.39 is 0 Å². The topological polar surface area (TPSA) is 18.5 Å². The van der Waals surface area contributed by atoms with Crippen LogP contribution in [0.2, 0.25) is 0 Å². The standard InChI is InChI=1S/C14H27ClO2/c1-2-3-4-6-9-12-16-14-17-13-10-7-5-8-11-15/h5,7H,2-4,6,8-14H2,1H3/b7-5-. The summed E-state index contributed by atoms with van der Waals surface area (Å²) in [6.07, 6.45) is 12.5. The maximum atomic E-state index is 5.54. The van der Waals surface area contributed by atoms with Crippen LogP contribution in [0, 0.1) is 0 Å². The van der Waals surface area contributed by atoms with Crippen molar-refractivity contribution in [3.05, 3.63) is 12.2 Å². The molecule has 0 atom stereocenters. The zero-order valence-corrected chi connectivity index (χ0v) is 11.9. The monoisotopic (exact) mass is 262 g/mol. The predicted molar refractivity (Wildman–Crippen MR) is 74.6 cm³/mol. The Labute approximate surface area is 111 Å². The van der Waals surface area contributed by atoms with Crippen LogP contribution in [0.3, 0.4) is 0 Å². The molecule has 17 heavy (non-hydrogen) atoms. The van der Waals surface area contributed by atoms with E-state index in [-0.39, 0.29) is 0 Å². The minimum atomic E-state index is 0.428. The molecular weight excluding hydrogens is 236 g/mol. The molecule has 0 amide bonds. The van der Waals surface area contributed by atoms with E-state index in [1.54, 1.807) is 0 Å². The fraction of sp³-hybridized carbons (Fsp3) is 0.857. The third-order valence-corrected chi connectivity index (χ3v) is 2.65. The number of hydrogen-bond donors (Lipinski definition) is 0. The number of rotatable bonds is 13. The van der Waals surface area contributed by atoms with Gasteiger partial charge in [0.1, 0.15) is 6.79 Å². The van der Waals surface area contributed by atoms with Crippen LogP contribution < -0.4 is 0 Å². The summed E-state index contributed by atoms with van der Waals surface area (Å²) in [7, 11) is 0. The van der Waals surface area contributed by atoms with Crippen LogP contribution in [0.1, 0.15) is 51.9 Å². The number of allylic oxidation sites excluding steroid dienone is 1. The molecule has 102 valence electrons. The predicted octanol–water partition coefficient (Wildman–Crippen LogP) is 4.52. The lowest BCUT2D eigenvalue weighted by molar-refractivity contribution is -0.0531. The molecule has 0 unspecified atom stereocenters. The van der Waals surface area contributed by atoms with E-state index in [1.807, 2.05) is 0 Å². The highest BCUT2D eigenvalue weighted by molar-refractivity contribution is 6.17. The molecule has 0 aromatic rings. The smallest absolute Gasteiger partial charge is 0.146 e. The Morgan fingerprint density at radius 1 is 0.882 bits per heavy atom. The maximum absolute atomic E-state index is 5.54. The molecule has 0 heterocycles. The molecule has 0 spiro atoms. The van der Waals surface area contributed by atoms with E-state index in [9.17, 15) is 0 Å². The number of hydrogen-bond acceptors (Lipinski definition) is 2. The van der Waals surface area contributed by atoms with E-state index in [4.69, 9.17) is 21.1 Å². The summed E-state index contributed by atoms with van der Waals surface area (Å²) in [6.45, 7) is 4.21. The molecule has 0 aromatic carbocycles. The Hall–Kier alpha value is -0.0500. The summed E-state index contributed by atoms with van der Waals surface area (Å²) < 4.78 is 10.7. The summed E-state index contributed by atoms with van der Waals surface area (Å²) in [5.41, 5.74) is 0. The lowest BCUT2D eigenvalue weighted by Crippen LogP contribution is -2.02. The Balaban J connectivity index is 2.94. The molecule has 3 heteroatoms. The molecule has 0 aliphatic heterocycles. The fourth-order valence-corrected chi connectivity index (χ4v) is 1.56. The molecule has 0 saturated carbocycles. The normalized spacial score (nSPS) is 11.4. The van der Waals surface area contributed by atoms with Crippen LogP contribution in [0.15, 0.2) is 12.2 Å². The van der Waals surface area contributed by atoms with Gasteiger partial charge in [-0.3, -0.25) is 0 Å². The maximum Gasteiger partial charge on any atom is 0.146 e. The number of unbranched alkanes of at least 4 members (excludes halogenated alkanes) is 4. The first-order valence-corrected chi connectivity index (χ1v) is 7.31. The van der Waals surface area contributed by atoms with Crippen LogP contribution >= 0.6 is 11.6 Å². The van der Waals surface area contributed by atoms with Crippen molar-refractivity contribution in [3.63, 3.8) is 0 Å². The SMILES string of the molecule is CCCCCCCOCOCC/C=C\CCCl. The minimum Gasteiger partial charge on any atom is -0.355 e. The van der Waals surface area contributed by atoms with Gasteiger partial charge in [0.05, 0.1) is 6.61 Å². The summed E-state index contributed by atoms with van der Waals surface area (Å²) >= 11 is 5.54. The second kappa shape index (κ2) is 16.0. The van der Waals surface area contributed by atoms with Gasteiger partial charge in [0.15, 0.2) is 0 Å². The van der Waals surface area contributed by atoms with Crippen molar-refractivity contribution >= 4 is 11.6 Å². The molecule has 0 aliphatic carbocycles. The number of halogens is 1. The van der Waals surface area contributed by atoms with Gasteiger partial charge in [0.25, 0.3) is 0 Å². The Morgan fingerprint density at radius 2 is 1.59 bits per heavy atom. The molecule has 0 N–H and O–H groups in total. The lowest BCUT2D eigenvalue weighted by atomic mass is 10.2. The number of ether oxygens (including phenoxy) is 2. The molecular formula is C14H27ClO2. The second-order valence-corrected chi connectivity index (χ2v) is 4.46. The van der Waals surface area contributed by atoms with Gasteiger partial charge in [-0.1, -0.05) is 44.8 Å². The summed E-state index contributed by atoms with van der Waals surface area (Å²) in [4.78, 5) is 0. The van der Waals surface area contributed by atoms with Crippen molar-refractivity contribution in [2.24, 2.45) is 0 Å². The highest BCUT2D eigenvalue weighted by atomic mass is 35.5. The van der Waals surface area contributed by atoms with E-state index in [0.29, 0.717) is 12.7 Å². The molecule has 2 nitrogen and oxygen atoms in total. The van der Waals surface area contributed by atoms with E-state index in [2.05, 4.69) is 19.1 Å². The molecule has 0 radical (unpaired) electrons. The van der Waals surface area contributed by atoms with Crippen molar-refractivity contribution in [2.45, 2.75) is 51.9 Å². The molecule has 0 aliphatic rings. The Kier molecular flexibility index (Phi) is 15.9. The average Bonchev–Trinajstić information content (AvgIpc) is 2.35. The second-order valence-electron chi connectivity index (χ2n) is 4.09. The lowest BCUT2D eigenvalue weighted by Gasteiger charge is -2.04. The first-order chi connectivity index (χ1) is 8.41. The first kappa shape index (κ1) is 16.9. The van der Waals surface area contributed by atoms with Gasteiger partial charge in [-0.15, -0.1) is 11.6 Å². The van der Waals surface area contributed by atoms with Gasteiger partial charge in [0, 0.05) is 12.5 Å². The zero-order valence-electron chi connectivity index (χ0n) is 11.1. The highest BCUT2D eigenvalue weighted by Gasteiger charge is 1.90. The highest BCUT2D eigenvalue weighted by Crippen LogP contribution is 2.02. The van der Waals surface area contributed by atoms with Gasteiger partial charge >= 0.3 is 0 Å². The molecule has 0 fully saturated rings. The zero-order chi connectivity index (χ0) is 12.6. The van der Waals surface area contributed by atoms with Crippen LogP contribution in [0.25, 0.3) is 0 Å². The van der Waals surface area contributed by atoms with Crippen molar-refractivity contribution in [2.75, 3.05) is 25.9 Å². The third-order valence-electron chi connectivity index (χ3n) is 2.43. The summed E-state index contributed by atoms with van der Waals surface area (Å²) in [5.74, 6) is 0.693. The van der Waals surface area contributed by atoms with Crippen LogP contribution in [-0.4, -0.2) is 25.9 Å². The molecule has 0 saturated heterocycles. The average molecular weight is 263 g/mol. The molecule has 0 aromatic heterocycles. The number of alkyl halides is 1. The summed E-state index contributed by atoms with van der Waals surface area (Å²) in [5, 5.41) is 0. The van der Waals surface area contributed by atoms with E-state index >= 15 is 0 Å². The Morgan fingerprint density at radius 3 is 2.35 bits per heavy atom. The molecule has 0 rings (SSSR count). The first-order valence-electron chi connectivity index (χ1n) is 6.78. The van der Waals surface area contributed by atoms with Gasteiger partial charge in [-0.25, -0.2) is 0 Å². The van der Waals surface area contributed by atoms with Gasteiger partial charge in [-0.2, -0.15) is 0 Å². The largest absolute Gasteiger partial charge is 0.355 e. The molecule has 0 bridgehead atoms. The summed E-state index contributed by atoms with van der Waals surface area (Å²) in [6, 6.07) is 0. The van der Waals surface area contributed by atoms with Gasteiger partial charge in [0.2, 0.25) is 0 Å². The van der Waals surface area contributed by atoms with Crippen LogP contribution in [-0.2, 0) is 9.47 Å². The third kappa shape index (κ3) is 15.9. The quantitative estimate of drug-likeness (QED) is 0.210. The van der Waals surface area contributed by atoms with E-state index in [1.165, 1.54) is 25.7 Å². The van der Waals surface area contributed by atoms with Gasteiger partial charge < -0.3 is 9.47 Å². The minimum absolute atomic E-state index is 0.428. The van der Waals surface area contributed by atoms with Gasteiger partial charge in [-0.05, 0) is 19.3 Å². The fourth-order valence-electron chi connectivity index (χ4n) is 1.43. The van der Waals surface area contributed by atoms with Crippen LogP contribution in [0.4, 0.5) is 0 Å². The van der Waals surface area contributed by atoms with Crippen LogP contribution in [0.5, 0.6) is 0 Å². The van der Waals surface area contributed by atoms with Crippen molar-refractivity contribution < 1.29 is 9.47 Å². The van der Waals surface area contributed by atoms with Crippen molar-refractivity contribution in [1.29, 1.82) is 0 Å². The van der Waals surface area contributed by atoms with Crippen molar-refractivity contribution in [1.82, 2.24) is 0 Å². The van der Waals surface area contributed by atoms with E-state index in [0.717, 1.165) is 32.5 Å². The Bertz CT molecular complexity index is 160.